The van der Waals surface area contributed by atoms with E-state index in [1.807, 2.05) is 0 Å². The van der Waals surface area contributed by atoms with E-state index < -0.39 is 113 Å². The Balaban J connectivity index is 1.67. The van der Waals surface area contributed by atoms with E-state index >= 15 is 0 Å². The van der Waals surface area contributed by atoms with Crippen molar-refractivity contribution >= 4 is 82.6 Å². The number of hydrogen-bond acceptors (Lipinski definition) is 30. The van der Waals surface area contributed by atoms with Crippen LogP contribution in [-0.4, -0.2) is 341 Å². The molecule has 1 aromatic carbocycles. The van der Waals surface area contributed by atoms with Gasteiger partial charge in [0.1, 0.15) is 35.4 Å². The van der Waals surface area contributed by atoms with E-state index in [0.29, 0.717) is 97.9 Å². The molecule has 0 saturated heterocycles. The first-order valence-corrected chi connectivity index (χ1v) is 40.7. The second kappa shape index (κ2) is 66.3. The first kappa shape index (κ1) is 108. The monoisotopic (exact) mass is 1710 g/mol. The van der Waals surface area contributed by atoms with Crippen LogP contribution in [-0.2, 0) is 140 Å². The number of carbonyl (C=O) groups is 13. The fourth-order valence-corrected chi connectivity index (χ4v) is 10.3. The summed E-state index contributed by atoms with van der Waals surface area (Å²) in [5.74, 6) is -7.03. The summed E-state index contributed by atoms with van der Waals surface area (Å²) in [5.41, 5.74) is -0.908. The van der Waals surface area contributed by atoms with Crippen LogP contribution in [0.5, 0.6) is 0 Å². The van der Waals surface area contributed by atoms with Crippen LogP contribution in [0.15, 0.2) is 30.4 Å². The molecule has 1 aliphatic rings. The molecular formula is C80H134N10O30. The number of carbonyl (C=O) groups excluding carboxylic acids is 13. The average Bonchev–Trinajstić information content (AvgIpc) is 1.07. The van der Waals surface area contributed by atoms with Crippen molar-refractivity contribution in [3.05, 3.63) is 41.5 Å². The number of hydrogen-bond donors (Lipinski definition) is 10. The fraction of sp³-hybridized carbons (Fsp3) is 0.738. The molecule has 40 heteroatoms. The predicted octanol–water partition coefficient (Wildman–Crippen LogP) is -0.208. The lowest BCUT2D eigenvalue weighted by molar-refractivity contribution is -0.156. The maximum atomic E-state index is 13.4. The summed E-state index contributed by atoms with van der Waals surface area (Å²) in [5, 5.41) is 34.1. The van der Waals surface area contributed by atoms with E-state index in [9.17, 15) is 67.4 Å². The van der Waals surface area contributed by atoms with Crippen LogP contribution in [0, 0.1) is 5.92 Å². The maximum absolute atomic E-state index is 13.4. The first-order valence-electron chi connectivity index (χ1n) is 40.7. The first-order chi connectivity index (χ1) is 57.4. The van der Waals surface area contributed by atoms with E-state index in [-0.39, 0.29) is 200 Å². The molecule has 0 aliphatic carbocycles. The highest BCUT2D eigenvalue weighted by Gasteiger charge is 2.30. The molecule has 120 heavy (non-hydrogen) atoms. The molecule has 0 radical (unpaired) electrons. The fourth-order valence-electron chi connectivity index (χ4n) is 10.3. The molecule has 11 amide bonds. The van der Waals surface area contributed by atoms with Gasteiger partial charge in [0.25, 0.3) is 17.7 Å². The molecule has 4 atom stereocenters. The van der Waals surface area contributed by atoms with Gasteiger partial charge in [-0.15, -0.1) is 0 Å². The number of aliphatic hydroxyl groups is 1. The maximum Gasteiger partial charge on any atom is 0.306 e. The summed E-state index contributed by atoms with van der Waals surface area (Å²) in [7, 11) is 1.62. The summed E-state index contributed by atoms with van der Waals surface area (Å²) in [6, 6.07) is 0.0801. The lowest BCUT2D eigenvalue weighted by atomic mass is 10.0. The lowest BCUT2D eigenvalue weighted by Gasteiger charge is -2.24. The highest BCUT2D eigenvalue weighted by molar-refractivity contribution is 6.13. The van der Waals surface area contributed by atoms with Crippen molar-refractivity contribution in [2.24, 2.45) is 5.92 Å². The Kier molecular flexibility index (Phi) is 59.5. The number of anilines is 1. The third kappa shape index (κ3) is 56.3. The Morgan fingerprint density at radius 2 is 0.758 bits per heavy atom. The Labute approximate surface area is 703 Å². The quantitative estimate of drug-likeness (QED) is 0.0229. The number of rotatable bonds is 73. The van der Waals surface area contributed by atoms with Gasteiger partial charge in [-0.3, -0.25) is 67.2 Å². The van der Waals surface area contributed by atoms with Gasteiger partial charge in [-0.25, -0.2) is 0 Å². The largest absolute Gasteiger partial charge is 0.460 e. The Morgan fingerprint density at radius 3 is 1.13 bits per heavy atom. The van der Waals surface area contributed by atoms with Gasteiger partial charge in [0.15, 0.2) is 0 Å². The molecule has 0 unspecified atom stereocenters. The van der Waals surface area contributed by atoms with Crippen LogP contribution in [0.3, 0.4) is 0 Å². The SMILES string of the molecule is COCCOCCOCCOCCOCCOCCOCCOCCNC(=O)c1cc(NC(=O)[C@H](C)NC(=O)[C@@H](NC(=O)CCOCCOCCNC(=O)[C@H](CCC(=O)OC(C)(C)C)NC(=O)CCOCCOCCNC(=O)[C@H](CCC(=O)OC(C)(C)C)NC(=O)CCOCCOCCNC(=O)CCCN2C(=O)C=CC2=O)C(C)C)ccc1CO. The summed E-state index contributed by atoms with van der Waals surface area (Å²) in [6.45, 7) is 22.2. The van der Waals surface area contributed by atoms with Gasteiger partial charge in [-0.2, -0.15) is 0 Å². The molecule has 0 bridgehead atoms. The number of nitrogens with zero attached hydrogens (tertiary/aromatic N) is 1. The number of ether oxygens (including phenoxy) is 16. The van der Waals surface area contributed by atoms with Gasteiger partial charge < -0.3 is 129 Å². The van der Waals surface area contributed by atoms with Gasteiger partial charge in [0, 0.05) is 102 Å². The van der Waals surface area contributed by atoms with Crippen LogP contribution in [0.2, 0.25) is 0 Å². The number of aliphatic hydroxyl groups excluding tert-OH is 1. The minimum Gasteiger partial charge on any atom is -0.460 e. The molecular weight excluding hydrogens is 1580 g/mol. The van der Waals surface area contributed by atoms with Crippen molar-refractivity contribution < 1.29 is 143 Å². The van der Waals surface area contributed by atoms with Crippen molar-refractivity contribution in [2.45, 2.75) is 162 Å². The topological polar surface area (TPSA) is 501 Å². The molecule has 2 rings (SSSR count). The predicted molar refractivity (Wildman–Crippen MR) is 432 cm³/mol. The van der Waals surface area contributed by atoms with Crippen molar-refractivity contribution in [1.29, 1.82) is 0 Å². The highest BCUT2D eigenvalue weighted by Crippen LogP contribution is 2.18. The van der Waals surface area contributed by atoms with Crippen LogP contribution < -0.4 is 47.9 Å². The number of esters is 2. The summed E-state index contributed by atoms with van der Waals surface area (Å²) >= 11 is 0. The third-order valence-corrected chi connectivity index (χ3v) is 16.3. The average molecular weight is 1720 g/mol. The number of methoxy groups -OCH3 is 1. The Morgan fingerprint density at radius 1 is 0.400 bits per heavy atom. The molecule has 40 nitrogen and oxygen atoms in total. The summed E-state index contributed by atoms with van der Waals surface area (Å²) in [4.78, 5) is 167. The van der Waals surface area contributed by atoms with Crippen molar-refractivity contribution in [3.8, 4) is 0 Å². The Hall–Kier alpha value is -8.33. The standard InChI is InChI=1S/C80H134N10O30/c1-58(2)73(78(104)85-59(3)74(100)86-61-14-13-60(57-91)62(56-61)75(101)82-25-33-110-44-45-114-48-49-116-52-53-118-55-54-117-51-50-115-47-46-113-37-36-105-10)89-68(95)23-31-108-40-43-112-35-27-84-77(103)64(16-20-72(99)120-80(7,8)9)88-67(94)22-30-107-39-42-111-34-26-83-76(102)63(15-19-71(98)119-79(4,5)6)87-66(93)21-29-106-38-41-109-32-24-81-65(92)12-11-28-90-69(96)17-18-70(90)97/h13-14,17-18,56,58-59,63-64,73,91H,11-12,15-16,19-55,57H2,1-10H3,(H,81,92)(H,82,101)(H,83,102)(H,84,103)(H,85,104)(H,86,100)(H,87,93)(H,88,94)(H,89,95)/t59-,63-,64-,73-/m0/s1. The molecule has 10 N–H and O–H groups in total. The van der Waals surface area contributed by atoms with Crippen molar-refractivity contribution in [2.75, 3.05) is 224 Å². The van der Waals surface area contributed by atoms with Gasteiger partial charge >= 0.3 is 11.9 Å². The van der Waals surface area contributed by atoms with Crippen LogP contribution in [0.4, 0.5) is 5.69 Å². The minimum atomic E-state index is -1.13. The van der Waals surface area contributed by atoms with E-state index in [2.05, 4.69) is 47.9 Å². The lowest BCUT2D eigenvalue weighted by Crippen LogP contribution is -2.53. The second-order valence-electron chi connectivity index (χ2n) is 29.2. The zero-order chi connectivity index (χ0) is 88.6. The number of imide groups is 1. The molecule has 0 saturated carbocycles. The normalized spacial score (nSPS) is 13.1. The van der Waals surface area contributed by atoms with Crippen LogP contribution in [0.25, 0.3) is 0 Å². The van der Waals surface area contributed by atoms with Crippen molar-refractivity contribution in [1.82, 2.24) is 47.4 Å². The number of nitrogens with one attached hydrogen (secondary N) is 9. The van der Waals surface area contributed by atoms with Gasteiger partial charge in [-0.05, 0) is 91.3 Å². The molecule has 1 heterocycles. The molecule has 684 valence electrons. The minimum absolute atomic E-state index is 0.000271. The summed E-state index contributed by atoms with van der Waals surface area (Å²) in [6.07, 6.45) is 1.95. The molecule has 0 spiro atoms. The smallest absolute Gasteiger partial charge is 0.306 e. The number of benzene rings is 1. The zero-order valence-electron chi connectivity index (χ0n) is 71.7. The molecule has 0 fully saturated rings. The Bertz CT molecular complexity index is 3170. The van der Waals surface area contributed by atoms with Gasteiger partial charge in [0.05, 0.1) is 185 Å². The second-order valence-corrected chi connectivity index (χ2v) is 29.2. The molecule has 1 aromatic rings. The van der Waals surface area contributed by atoms with E-state index in [1.54, 1.807) is 62.5 Å². The van der Waals surface area contributed by atoms with Gasteiger partial charge in [0.2, 0.25) is 47.3 Å². The van der Waals surface area contributed by atoms with Crippen LogP contribution in [0.1, 0.15) is 136 Å². The summed E-state index contributed by atoms with van der Waals surface area (Å²) < 4.78 is 87.2. The highest BCUT2D eigenvalue weighted by atomic mass is 16.6. The van der Waals surface area contributed by atoms with E-state index in [4.69, 9.17) is 75.8 Å². The molecule has 0 aromatic heterocycles. The van der Waals surface area contributed by atoms with E-state index in [1.165, 1.54) is 37.3 Å². The zero-order valence-corrected chi connectivity index (χ0v) is 71.7. The van der Waals surface area contributed by atoms with Gasteiger partial charge in [-0.1, -0.05) is 19.9 Å². The molecule has 1 aliphatic heterocycles. The number of amides is 11. The third-order valence-electron chi connectivity index (χ3n) is 16.3. The van der Waals surface area contributed by atoms with Crippen molar-refractivity contribution in [3.63, 3.8) is 0 Å². The van der Waals surface area contributed by atoms with Crippen LogP contribution >= 0.6 is 0 Å². The van der Waals surface area contributed by atoms with E-state index in [0.717, 1.165) is 4.90 Å².